The van der Waals surface area contributed by atoms with E-state index in [0.717, 1.165) is 19.3 Å². The van der Waals surface area contributed by atoms with Crippen molar-refractivity contribution >= 4 is 11.8 Å². The molecule has 1 saturated heterocycles. The van der Waals surface area contributed by atoms with Crippen molar-refractivity contribution in [1.29, 1.82) is 0 Å². The third-order valence-corrected chi connectivity index (χ3v) is 4.65. The molecule has 2 atom stereocenters. The van der Waals surface area contributed by atoms with E-state index < -0.39 is 0 Å². The Morgan fingerprint density at radius 2 is 2.00 bits per heavy atom. The van der Waals surface area contributed by atoms with Crippen LogP contribution in [0.5, 0.6) is 0 Å². The Morgan fingerprint density at radius 3 is 2.71 bits per heavy atom. The van der Waals surface area contributed by atoms with Crippen LogP contribution in [-0.4, -0.2) is 49.6 Å². The lowest BCUT2D eigenvalue weighted by molar-refractivity contribution is -0.138. The van der Waals surface area contributed by atoms with E-state index in [2.05, 4.69) is 12.2 Å². The molecule has 1 aliphatic rings. The Balaban J connectivity index is 1.85. The number of ether oxygens (including phenoxy) is 1. The SMILES string of the molecule is COCCNC(=O)C1CCC(C)N(C(=O)CCc2ccccc2)C1. The summed E-state index contributed by atoms with van der Waals surface area (Å²) >= 11 is 0. The highest BCUT2D eigenvalue weighted by Crippen LogP contribution is 2.23. The number of likely N-dealkylation sites (tertiary alicyclic amines) is 1. The molecule has 1 aromatic rings. The van der Waals surface area contributed by atoms with E-state index in [4.69, 9.17) is 4.74 Å². The van der Waals surface area contributed by atoms with Crippen molar-refractivity contribution in [3.63, 3.8) is 0 Å². The van der Waals surface area contributed by atoms with Crippen LogP contribution in [0.1, 0.15) is 31.7 Å². The monoisotopic (exact) mass is 332 g/mol. The highest BCUT2D eigenvalue weighted by molar-refractivity contribution is 5.81. The molecule has 0 saturated carbocycles. The number of amides is 2. The molecule has 1 heterocycles. The highest BCUT2D eigenvalue weighted by Gasteiger charge is 2.32. The van der Waals surface area contributed by atoms with Crippen LogP contribution in [0.4, 0.5) is 0 Å². The largest absolute Gasteiger partial charge is 0.383 e. The van der Waals surface area contributed by atoms with Gasteiger partial charge in [-0.25, -0.2) is 0 Å². The molecule has 0 aromatic heterocycles. The molecule has 0 spiro atoms. The minimum Gasteiger partial charge on any atom is -0.383 e. The van der Waals surface area contributed by atoms with Crippen molar-refractivity contribution in [2.75, 3.05) is 26.8 Å². The number of nitrogens with zero attached hydrogens (tertiary/aromatic N) is 1. The lowest BCUT2D eigenvalue weighted by Crippen LogP contribution is -2.49. The van der Waals surface area contributed by atoms with E-state index in [9.17, 15) is 9.59 Å². The zero-order chi connectivity index (χ0) is 17.4. The van der Waals surface area contributed by atoms with E-state index in [-0.39, 0.29) is 23.8 Å². The molecule has 0 radical (unpaired) electrons. The van der Waals surface area contributed by atoms with Gasteiger partial charge in [0.05, 0.1) is 12.5 Å². The number of nitrogens with one attached hydrogen (secondary N) is 1. The third kappa shape index (κ3) is 5.34. The number of carbonyl (C=O) groups excluding carboxylic acids is 2. The fraction of sp³-hybridized carbons (Fsp3) is 0.579. The van der Waals surface area contributed by atoms with E-state index >= 15 is 0 Å². The quantitative estimate of drug-likeness (QED) is 0.777. The van der Waals surface area contributed by atoms with Gasteiger partial charge in [-0.2, -0.15) is 0 Å². The molecule has 1 aromatic carbocycles. The van der Waals surface area contributed by atoms with Crippen LogP contribution in [0, 0.1) is 5.92 Å². The van der Waals surface area contributed by atoms with Crippen LogP contribution < -0.4 is 5.32 Å². The molecular formula is C19H28N2O3. The average Bonchev–Trinajstić information content (AvgIpc) is 2.61. The summed E-state index contributed by atoms with van der Waals surface area (Å²) < 4.78 is 4.95. The number of piperidine rings is 1. The first kappa shape index (κ1) is 18.5. The summed E-state index contributed by atoms with van der Waals surface area (Å²) in [6.07, 6.45) is 2.95. The summed E-state index contributed by atoms with van der Waals surface area (Å²) in [5.41, 5.74) is 1.17. The summed E-state index contributed by atoms with van der Waals surface area (Å²) in [6.45, 7) is 3.62. The van der Waals surface area contributed by atoms with Crippen LogP contribution in [0.25, 0.3) is 0 Å². The van der Waals surface area contributed by atoms with Crippen LogP contribution in [0.2, 0.25) is 0 Å². The number of rotatable bonds is 7. The van der Waals surface area contributed by atoms with Crippen molar-refractivity contribution < 1.29 is 14.3 Å². The van der Waals surface area contributed by atoms with Crippen LogP contribution >= 0.6 is 0 Å². The summed E-state index contributed by atoms with van der Waals surface area (Å²) in [7, 11) is 1.61. The second kappa shape index (κ2) is 9.42. The van der Waals surface area contributed by atoms with Crippen molar-refractivity contribution in [3.8, 4) is 0 Å². The van der Waals surface area contributed by atoms with Gasteiger partial charge in [0.1, 0.15) is 0 Å². The predicted molar refractivity (Wildman–Crippen MR) is 93.5 cm³/mol. The Bertz CT molecular complexity index is 533. The molecule has 1 fully saturated rings. The number of carbonyl (C=O) groups is 2. The molecule has 1 N–H and O–H groups in total. The lowest BCUT2D eigenvalue weighted by atomic mass is 9.92. The zero-order valence-corrected chi connectivity index (χ0v) is 14.7. The van der Waals surface area contributed by atoms with E-state index in [1.807, 2.05) is 35.2 Å². The van der Waals surface area contributed by atoms with Gasteiger partial charge in [-0.05, 0) is 31.7 Å². The molecule has 132 valence electrons. The van der Waals surface area contributed by atoms with Crippen molar-refractivity contribution in [3.05, 3.63) is 35.9 Å². The number of benzene rings is 1. The average molecular weight is 332 g/mol. The Labute approximate surface area is 144 Å². The Kier molecular flexibility index (Phi) is 7.25. The Hall–Kier alpha value is -1.88. The van der Waals surface area contributed by atoms with Crippen molar-refractivity contribution in [2.45, 2.75) is 38.6 Å². The predicted octanol–water partition coefficient (Wildman–Crippen LogP) is 2.01. The summed E-state index contributed by atoms with van der Waals surface area (Å²) in [5.74, 6) is 0.0549. The molecule has 5 nitrogen and oxygen atoms in total. The number of methoxy groups -OCH3 is 1. The smallest absolute Gasteiger partial charge is 0.224 e. The highest BCUT2D eigenvalue weighted by atomic mass is 16.5. The maximum Gasteiger partial charge on any atom is 0.224 e. The first-order valence-electron chi connectivity index (χ1n) is 8.72. The molecule has 1 aliphatic heterocycles. The van der Waals surface area contributed by atoms with Gasteiger partial charge in [0.2, 0.25) is 11.8 Å². The summed E-state index contributed by atoms with van der Waals surface area (Å²) in [6, 6.07) is 10.2. The first-order valence-corrected chi connectivity index (χ1v) is 8.72. The van der Waals surface area contributed by atoms with Gasteiger partial charge in [-0.15, -0.1) is 0 Å². The molecule has 5 heteroatoms. The minimum atomic E-state index is -0.112. The normalized spacial score (nSPS) is 20.7. The number of hydrogen-bond acceptors (Lipinski definition) is 3. The van der Waals surface area contributed by atoms with E-state index in [0.29, 0.717) is 26.1 Å². The minimum absolute atomic E-state index is 0.0276. The zero-order valence-electron chi connectivity index (χ0n) is 14.7. The fourth-order valence-electron chi connectivity index (χ4n) is 3.13. The van der Waals surface area contributed by atoms with E-state index in [1.54, 1.807) is 7.11 Å². The van der Waals surface area contributed by atoms with Gasteiger partial charge >= 0.3 is 0 Å². The van der Waals surface area contributed by atoms with Crippen molar-refractivity contribution in [2.24, 2.45) is 5.92 Å². The lowest BCUT2D eigenvalue weighted by Gasteiger charge is -2.37. The first-order chi connectivity index (χ1) is 11.6. The second-order valence-electron chi connectivity index (χ2n) is 6.44. The standard InChI is InChI=1S/C19H28N2O3/c1-15-8-10-17(19(23)20-12-13-24-2)14-21(15)18(22)11-9-16-6-4-3-5-7-16/h3-7,15,17H,8-14H2,1-2H3,(H,20,23). The summed E-state index contributed by atoms with van der Waals surface area (Å²) in [4.78, 5) is 26.7. The molecule has 0 aliphatic carbocycles. The van der Waals surface area contributed by atoms with Crippen molar-refractivity contribution in [1.82, 2.24) is 10.2 Å². The van der Waals surface area contributed by atoms with Gasteiger partial charge in [0.15, 0.2) is 0 Å². The molecule has 2 rings (SSSR count). The third-order valence-electron chi connectivity index (χ3n) is 4.65. The molecule has 2 unspecified atom stereocenters. The van der Waals surface area contributed by atoms with E-state index in [1.165, 1.54) is 5.56 Å². The number of hydrogen-bond donors (Lipinski definition) is 1. The molecule has 0 bridgehead atoms. The fourth-order valence-corrected chi connectivity index (χ4v) is 3.13. The van der Waals surface area contributed by atoms with Crippen LogP contribution in [0.15, 0.2) is 30.3 Å². The maximum atomic E-state index is 12.6. The van der Waals surface area contributed by atoms with Gasteiger partial charge < -0.3 is 15.0 Å². The topological polar surface area (TPSA) is 58.6 Å². The number of aryl methyl sites for hydroxylation is 1. The van der Waals surface area contributed by atoms with Crippen LogP contribution in [0.3, 0.4) is 0 Å². The molecular weight excluding hydrogens is 304 g/mol. The summed E-state index contributed by atoms with van der Waals surface area (Å²) in [5, 5.41) is 2.88. The molecule has 2 amide bonds. The molecule has 24 heavy (non-hydrogen) atoms. The Morgan fingerprint density at radius 1 is 1.25 bits per heavy atom. The maximum absolute atomic E-state index is 12.6. The van der Waals surface area contributed by atoms with Gasteiger partial charge in [-0.1, -0.05) is 30.3 Å². The van der Waals surface area contributed by atoms with Gasteiger partial charge in [0.25, 0.3) is 0 Å². The van der Waals surface area contributed by atoms with Crippen LogP contribution in [-0.2, 0) is 20.7 Å². The second-order valence-corrected chi connectivity index (χ2v) is 6.44. The van der Waals surface area contributed by atoms with Gasteiger partial charge in [0, 0.05) is 32.7 Å². The van der Waals surface area contributed by atoms with Gasteiger partial charge in [-0.3, -0.25) is 9.59 Å².